The van der Waals surface area contributed by atoms with Crippen molar-refractivity contribution in [3.05, 3.63) is 29.8 Å². The van der Waals surface area contributed by atoms with Crippen LogP contribution >= 0.6 is 0 Å². The third-order valence-corrected chi connectivity index (χ3v) is 3.89. The maximum atomic E-state index is 11.9. The van der Waals surface area contributed by atoms with Gasteiger partial charge in [-0.3, -0.25) is 4.79 Å². The van der Waals surface area contributed by atoms with Gasteiger partial charge in [-0.15, -0.1) is 0 Å². The first kappa shape index (κ1) is 14.6. The van der Waals surface area contributed by atoms with Crippen LogP contribution in [0.5, 0.6) is 0 Å². The molecule has 1 unspecified atom stereocenters. The van der Waals surface area contributed by atoms with Crippen LogP contribution in [0.3, 0.4) is 0 Å². The molecule has 0 aliphatic rings. The summed E-state index contributed by atoms with van der Waals surface area (Å²) in [5, 5.41) is 2.66. The lowest BCUT2D eigenvalue weighted by Gasteiger charge is -2.11. The molecule has 0 radical (unpaired) electrons. The molecule has 18 heavy (non-hydrogen) atoms. The maximum Gasteiger partial charge on any atom is 0.264 e. The molecule has 0 spiro atoms. The molecule has 0 fully saturated rings. The molecule has 7 heteroatoms. The monoisotopic (exact) mass is 271 g/mol. The normalized spacial score (nSPS) is 13.1. The van der Waals surface area contributed by atoms with Gasteiger partial charge in [0, 0.05) is 6.54 Å². The summed E-state index contributed by atoms with van der Waals surface area (Å²) in [5.41, 5.74) is 6.24. The molecule has 1 rings (SSSR count). The number of rotatable bonds is 5. The second-order valence-electron chi connectivity index (χ2n) is 3.83. The summed E-state index contributed by atoms with van der Waals surface area (Å²) in [7, 11) is -2.24. The topological polar surface area (TPSA) is 101 Å². The molecule has 6 nitrogen and oxygen atoms in total. The zero-order valence-corrected chi connectivity index (χ0v) is 11.1. The van der Waals surface area contributed by atoms with Crippen molar-refractivity contribution in [3.63, 3.8) is 0 Å². The summed E-state index contributed by atoms with van der Waals surface area (Å²) in [4.78, 5) is 11.6. The fraction of sp³-hybridized carbons (Fsp3) is 0.364. The summed E-state index contributed by atoms with van der Waals surface area (Å²) in [6, 6.07) is 5.48. The lowest BCUT2D eigenvalue weighted by atomic mass is 10.2. The van der Waals surface area contributed by atoms with E-state index >= 15 is 0 Å². The van der Waals surface area contributed by atoms with E-state index in [0.717, 1.165) is 5.56 Å². The molecule has 0 saturated carbocycles. The molecule has 1 amide bonds. The van der Waals surface area contributed by atoms with Gasteiger partial charge in [0.15, 0.2) is 0 Å². The maximum absolute atomic E-state index is 11.9. The van der Waals surface area contributed by atoms with Gasteiger partial charge in [-0.2, -0.15) is 0 Å². The highest BCUT2D eigenvalue weighted by Crippen LogP contribution is 2.10. The van der Waals surface area contributed by atoms with Crippen LogP contribution in [0.2, 0.25) is 0 Å². The number of nitrogens with two attached hydrogens (primary N) is 1. The van der Waals surface area contributed by atoms with Crippen LogP contribution in [0.25, 0.3) is 0 Å². The molecule has 0 aliphatic carbocycles. The van der Waals surface area contributed by atoms with E-state index in [1.807, 2.05) is 4.72 Å². The molecule has 0 heterocycles. The van der Waals surface area contributed by atoms with Crippen LogP contribution in [0, 0.1) is 0 Å². The smallest absolute Gasteiger partial charge is 0.264 e. The number of carbonyl (C=O) groups excluding carboxylic acids is 1. The van der Waals surface area contributed by atoms with Crippen molar-refractivity contribution < 1.29 is 13.2 Å². The first-order valence-electron chi connectivity index (χ1n) is 5.43. The van der Waals surface area contributed by atoms with E-state index in [2.05, 4.69) is 5.32 Å². The molecular weight excluding hydrogens is 254 g/mol. The molecule has 100 valence electrons. The third-order valence-electron chi connectivity index (χ3n) is 2.53. The Bertz CT molecular complexity index is 511. The number of hydrogen-bond donors (Lipinski definition) is 3. The SMILES string of the molecule is CNC(C)C(=O)NS(=O)(=O)c1ccc(CN)cc1. The molecule has 1 aromatic carbocycles. The van der Waals surface area contributed by atoms with E-state index in [1.165, 1.54) is 12.1 Å². The Balaban J connectivity index is 2.89. The van der Waals surface area contributed by atoms with Crippen LogP contribution in [-0.4, -0.2) is 27.4 Å². The lowest BCUT2D eigenvalue weighted by Crippen LogP contribution is -2.43. The molecule has 1 aromatic rings. The lowest BCUT2D eigenvalue weighted by molar-refractivity contribution is -0.120. The summed E-state index contributed by atoms with van der Waals surface area (Å²) >= 11 is 0. The summed E-state index contributed by atoms with van der Waals surface area (Å²) in [5.74, 6) is -0.597. The van der Waals surface area contributed by atoms with Crippen molar-refractivity contribution in [2.24, 2.45) is 5.73 Å². The number of amides is 1. The minimum absolute atomic E-state index is 0.0383. The quantitative estimate of drug-likeness (QED) is 0.674. The average molecular weight is 271 g/mol. The number of nitrogens with one attached hydrogen (secondary N) is 2. The van der Waals surface area contributed by atoms with Crippen LogP contribution in [0.1, 0.15) is 12.5 Å². The van der Waals surface area contributed by atoms with Crippen molar-refractivity contribution in [2.75, 3.05) is 7.05 Å². The third kappa shape index (κ3) is 3.52. The molecule has 0 aliphatic heterocycles. The Morgan fingerprint density at radius 2 is 1.89 bits per heavy atom. The molecule has 0 aromatic heterocycles. The second-order valence-corrected chi connectivity index (χ2v) is 5.51. The highest BCUT2D eigenvalue weighted by atomic mass is 32.2. The first-order chi connectivity index (χ1) is 8.40. The van der Waals surface area contributed by atoms with Crippen molar-refractivity contribution in [2.45, 2.75) is 24.4 Å². The first-order valence-corrected chi connectivity index (χ1v) is 6.92. The van der Waals surface area contributed by atoms with Crippen molar-refractivity contribution in [1.29, 1.82) is 0 Å². The van der Waals surface area contributed by atoms with Gasteiger partial charge in [-0.25, -0.2) is 13.1 Å². The van der Waals surface area contributed by atoms with Gasteiger partial charge >= 0.3 is 0 Å². The molecule has 4 N–H and O–H groups in total. The van der Waals surface area contributed by atoms with E-state index < -0.39 is 22.0 Å². The van der Waals surface area contributed by atoms with Gasteiger partial charge in [0.05, 0.1) is 10.9 Å². The van der Waals surface area contributed by atoms with Crippen LogP contribution < -0.4 is 15.8 Å². The van der Waals surface area contributed by atoms with Crippen molar-refractivity contribution in [3.8, 4) is 0 Å². The van der Waals surface area contributed by atoms with Gasteiger partial charge in [0.25, 0.3) is 15.9 Å². The number of carbonyl (C=O) groups is 1. The predicted molar refractivity (Wildman–Crippen MR) is 68.2 cm³/mol. The Hall–Kier alpha value is -1.44. The summed E-state index contributed by atoms with van der Waals surface area (Å²) in [6.07, 6.45) is 0. The van der Waals surface area contributed by atoms with E-state index in [1.54, 1.807) is 26.1 Å². The Labute approximate surface area is 107 Å². The number of likely N-dealkylation sites (N-methyl/N-ethyl adjacent to an activating group) is 1. The van der Waals surface area contributed by atoms with E-state index in [-0.39, 0.29) is 4.90 Å². The minimum atomic E-state index is -3.82. The van der Waals surface area contributed by atoms with E-state index in [0.29, 0.717) is 6.54 Å². The predicted octanol–water partition coefficient (Wildman–Crippen LogP) is -0.442. The zero-order chi connectivity index (χ0) is 13.8. The number of benzene rings is 1. The molecule has 0 bridgehead atoms. The van der Waals surface area contributed by atoms with Gasteiger partial charge in [0.1, 0.15) is 0 Å². The number of hydrogen-bond acceptors (Lipinski definition) is 5. The number of sulfonamides is 1. The largest absolute Gasteiger partial charge is 0.326 e. The van der Waals surface area contributed by atoms with Gasteiger partial charge in [-0.1, -0.05) is 12.1 Å². The average Bonchev–Trinajstić information content (AvgIpc) is 2.37. The van der Waals surface area contributed by atoms with Gasteiger partial charge in [-0.05, 0) is 31.7 Å². The van der Waals surface area contributed by atoms with Gasteiger partial charge in [0.2, 0.25) is 0 Å². The Kier molecular flexibility index (Phi) is 4.83. The van der Waals surface area contributed by atoms with Crippen LogP contribution in [0.4, 0.5) is 0 Å². The highest BCUT2D eigenvalue weighted by molar-refractivity contribution is 7.90. The highest BCUT2D eigenvalue weighted by Gasteiger charge is 2.20. The van der Waals surface area contributed by atoms with Crippen LogP contribution in [0.15, 0.2) is 29.2 Å². The van der Waals surface area contributed by atoms with Gasteiger partial charge < -0.3 is 11.1 Å². The fourth-order valence-corrected chi connectivity index (χ4v) is 2.27. The summed E-state index contributed by atoms with van der Waals surface area (Å²) in [6.45, 7) is 1.91. The van der Waals surface area contributed by atoms with Crippen molar-refractivity contribution >= 4 is 15.9 Å². The minimum Gasteiger partial charge on any atom is -0.326 e. The fourth-order valence-electron chi connectivity index (χ4n) is 1.22. The standard InChI is InChI=1S/C11H17N3O3S/c1-8(13-2)11(15)14-18(16,17)10-5-3-9(7-12)4-6-10/h3-6,8,13H,7,12H2,1-2H3,(H,14,15). The Morgan fingerprint density at radius 3 is 2.33 bits per heavy atom. The second kappa shape index (κ2) is 5.94. The zero-order valence-electron chi connectivity index (χ0n) is 10.3. The molecule has 0 saturated heterocycles. The molecule has 1 atom stereocenters. The molecular formula is C11H17N3O3S. The van der Waals surface area contributed by atoms with E-state index in [4.69, 9.17) is 5.73 Å². The Morgan fingerprint density at radius 1 is 1.33 bits per heavy atom. The van der Waals surface area contributed by atoms with Crippen molar-refractivity contribution in [1.82, 2.24) is 10.0 Å². The van der Waals surface area contributed by atoms with E-state index in [9.17, 15) is 13.2 Å². The van der Waals surface area contributed by atoms with Crippen LogP contribution in [-0.2, 0) is 21.4 Å². The summed E-state index contributed by atoms with van der Waals surface area (Å²) < 4.78 is 25.7.